The highest BCUT2D eigenvalue weighted by Crippen LogP contribution is 2.34. The van der Waals surface area contributed by atoms with Crippen molar-refractivity contribution in [1.82, 2.24) is 28.9 Å². The molecule has 0 spiro atoms. The summed E-state index contributed by atoms with van der Waals surface area (Å²) in [6, 6.07) is 13.0. The molecule has 2 aromatic carbocycles. The number of aromatic nitrogens is 4. The summed E-state index contributed by atoms with van der Waals surface area (Å²) in [6.07, 6.45) is 2.07. The Kier molecular flexibility index (Phi) is 7.28. The molecule has 0 unspecified atom stereocenters. The number of imidazole rings is 2. The number of nitrogens with zero attached hydrogens (tertiary/aromatic N) is 6. The van der Waals surface area contributed by atoms with Crippen LogP contribution in [0.15, 0.2) is 59.3 Å². The lowest BCUT2D eigenvalue weighted by molar-refractivity contribution is 0.0948. The second kappa shape index (κ2) is 10.3. The molecule has 0 bridgehead atoms. The van der Waals surface area contributed by atoms with Crippen LogP contribution in [-0.4, -0.2) is 54.1 Å². The molecule has 0 N–H and O–H groups in total. The minimum absolute atomic E-state index is 0.0935. The largest absolute Gasteiger partial charge is 0.331 e. The lowest BCUT2D eigenvalue weighted by atomic mass is 10.0. The molecule has 2 aromatic heterocycles. The number of benzene rings is 2. The molecule has 206 valence electrons. The van der Waals surface area contributed by atoms with E-state index < -0.39 is 0 Å². The summed E-state index contributed by atoms with van der Waals surface area (Å²) in [6.45, 7) is 12.4. The van der Waals surface area contributed by atoms with Crippen molar-refractivity contribution >= 4 is 15.9 Å². The van der Waals surface area contributed by atoms with Crippen LogP contribution in [0.25, 0.3) is 22.5 Å². The molecule has 9 heteroatoms. The number of hydrogen-bond acceptors (Lipinski definition) is 4. The zero-order valence-electron chi connectivity index (χ0n) is 23.3. The lowest BCUT2D eigenvalue weighted by Gasteiger charge is -2.40. The summed E-state index contributed by atoms with van der Waals surface area (Å²) in [5.41, 5.74) is 3.92. The van der Waals surface area contributed by atoms with E-state index in [2.05, 4.69) is 87.8 Å². The minimum Gasteiger partial charge on any atom is -0.331 e. The molecule has 0 fully saturated rings. The van der Waals surface area contributed by atoms with Crippen molar-refractivity contribution in [3.05, 3.63) is 82.6 Å². The van der Waals surface area contributed by atoms with Crippen LogP contribution in [0, 0.1) is 11.6 Å². The van der Waals surface area contributed by atoms with Crippen LogP contribution in [0.2, 0.25) is 0 Å². The van der Waals surface area contributed by atoms with Crippen molar-refractivity contribution in [3.63, 3.8) is 0 Å². The topological polar surface area (TPSA) is 42.1 Å². The highest BCUT2D eigenvalue weighted by Gasteiger charge is 2.33. The fraction of sp³-hybridized carbons (Fsp3) is 0.400. The summed E-state index contributed by atoms with van der Waals surface area (Å²) >= 11 is 3.65. The predicted molar refractivity (Wildman–Crippen MR) is 154 cm³/mol. The molecule has 4 heterocycles. The van der Waals surface area contributed by atoms with Gasteiger partial charge in [-0.1, -0.05) is 0 Å². The first-order valence-electron chi connectivity index (χ1n) is 13.1. The normalized spacial score (nSPS) is 18.2. The van der Waals surface area contributed by atoms with Gasteiger partial charge in [-0.15, -0.1) is 0 Å². The minimum atomic E-state index is -0.227. The molecule has 6 nitrogen and oxygen atoms in total. The van der Waals surface area contributed by atoms with Gasteiger partial charge in [0, 0.05) is 41.5 Å². The Bertz CT molecular complexity index is 1470. The smallest absolute Gasteiger partial charge is 0.124 e. The molecule has 0 atom stereocenters. The third-order valence-electron chi connectivity index (χ3n) is 8.03. The molecule has 0 aliphatic carbocycles. The van der Waals surface area contributed by atoms with E-state index in [1.165, 1.54) is 24.3 Å². The first kappa shape index (κ1) is 27.7. The average Bonchev–Trinajstić information content (AvgIpc) is 3.41. The fourth-order valence-corrected chi connectivity index (χ4v) is 5.57. The lowest BCUT2D eigenvalue weighted by Crippen LogP contribution is -2.48. The Balaban J connectivity index is 0.000000158. The van der Waals surface area contributed by atoms with E-state index in [0.29, 0.717) is 0 Å². The van der Waals surface area contributed by atoms with Crippen LogP contribution < -0.4 is 0 Å². The summed E-state index contributed by atoms with van der Waals surface area (Å²) in [5, 5.41) is 0. The third-order valence-corrected chi connectivity index (χ3v) is 8.83. The van der Waals surface area contributed by atoms with Crippen LogP contribution in [0.4, 0.5) is 8.78 Å². The summed E-state index contributed by atoms with van der Waals surface area (Å²) < 4.78 is 31.4. The van der Waals surface area contributed by atoms with Crippen molar-refractivity contribution in [2.75, 3.05) is 14.1 Å². The molecular weight excluding hydrogens is 562 g/mol. The van der Waals surface area contributed by atoms with Crippen LogP contribution in [-0.2, 0) is 26.2 Å². The van der Waals surface area contributed by atoms with Gasteiger partial charge in [-0.25, -0.2) is 18.7 Å². The zero-order chi connectivity index (χ0) is 28.1. The SMILES string of the molecule is CN1Cc2nc(-c3ccc(F)cc3)c(Br)n2CC1(C)C.CN1Cc2nc(-c3ccc(F)cc3)cn2CC1(C)C. The van der Waals surface area contributed by atoms with Crippen molar-refractivity contribution < 1.29 is 8.78 Å². The van der Waals surface area contributed by atoms with Gasteiger partial charge < -0.3 is 9.13 Å². The van der Waals surface area contributed by atoms with E-state index in [1.807, 2.05) is 0 Å². The predicted octanol–water partition coefficient (Wildman–Crippen LogP) is 6.59. The maximum Gasteiger partial charge on any atom is 0.124 e. The van der Waals surface area contributed by atoms with Gasteiger partial charge in [-0.2, -0.15) is 0 Å². The molecule has 2 aliphatic heterocycles. The number of rotatable bonds is 2. The van der Waals surface area contributed by atoms with Gasteiger partial charge in [0.15, 0.2) is 0 Å². The Morgan fingerprint density at radius 3 is 1.82 bits per heavy atom. The van der Waals surface area contributed by atoms with E-state index in [9.17, 15) is 8.78 Å². The number of fused-ring (bicyclic) bond motifs is 2. The zero-order valence-corrected chi connectivity index (χ0v) is 24.9. The first-order chi connectivity index (χ1) is 18.3. The Morgan fingerprint density at radius 2 is 1.23 bits per heavy atom. The molecule has 0 saturated carbocycles. The van der Waals surface area contributed by atoms with Crippen LogP contribution in [0.1, 0.15) is 39.3 Å². The number of hydrogen-bond donors (Lipinski definition) is 0. The van der Waals surface area contributed by atoms with Crippen molar-refractivity contribution in [2.24, 2.45) is 0 Å². The average molecular weight is 598 g/mol. The molecule has 0 radical (unpaired) electrons. The van der Waals surface area contributed by atoms with Crippen molar-refractivity contribution in [1.29, 1.82) is 0 Å². The number of likely N-dealkylation sites (N-methyl/N-ethyl adjacent to an activating group) is 2. The van der Waals surface area contributed by atoms with Gasteiger partial charge in [0.05, 0.1) is 18.8 Å². The van der Waals surface area contributed by atoms with Gasteiger partial charge in [0.1, 0.15) is 33.6 Å². The third kappa shape index (κ3) is 5.58. The van der Waals surface area contributed by atoms with Gasteiger partial charge in [0.2, 0.25) is 0 Å². The maximum atomic E-state index is 13.0. The van der Waals surface area contributed by atoms with Crippen LogP contribution in [0.5, 0.6) is 0 Å². The Morgan fingerprint density at radius 1 is 0.718 bits per heavy atom. The van der Waals surface area contributed by atoms with Gasteiger partial charge >= 0.3 is 0 Å². The molecule has 0 saturated heterocycles. The number of halogens is 3. The van der Waals surface area contributed by atoms with Gasteiger partial charge in [-0.3, -0.25) is 9.80 Å². The second-order valence-corrected chi connectivity index (χ2v) is 12.5. The standard InChI is InChI=1S/C15H17BrFN3.C15H18FN3/c1-15(2)9-20-12(8-19(15)3)18-13(14(20)16)10-4-6-11(17)7-5-10;1-15(2)10-19-8-13(17-14(19)9-18(15)3)11-4-6-12(16)7-5-11/h4-7H,8-9H2,1-3H3;4-8H,9-10H2,1-3H3. The molecule has 2 aliphatic rings. The summed E-state index contributed by atoms with van der Waals surface area (Å²) in [4.78, 5) is 14.0. The molecule has 4 aromatic rings. The Labute approximate surface area is 237 Å². The molecule has 6 rings (SSSR count). The van der Waals surface area contributed by atoms with E-state index in [1.54, 1.807) is 24.3 Å². The van der Waals surface area contributed by atoms with E-state index in [0.717, 1.165) is 64.9 Å². The quantitative estimate of drug-likeness (QED) is 0.262. The van der Waals surface area contributed by atoms with E-state index >= 15 is 0 Å². The second-order valence-electron chi connectivity index (χ2n) is 11.8. The highest BCUT2D eigenvalue weighted by molar-refractivity contribution is 9.10. The van der Waals surface area contributed by atoms with Crippen LogP contribution in [0.3, 0.4) is 0 Å². The fourth-order valence-electron chi connectivity index (χ4n) is 4.92. The maximum absolute atomic E-state index is 13.0. The molecule has 0 amide bonds. The Hall–Kier alpha value is -2.88. The summed E-state index contributed by atoms with van der Waals surface area (Å²) in [7, 11) is 4.24. The highest BCUT2D eigenvalue weighted by atomic mass is 79.9. The monoisotopic (exact) mass is 596 g/mol. The molecular formula is C30H35BrF2N6. The van der Waals surface area contributed by atoms with Gasteiger partial charge in [-0.05, 0) is 106 Å². The summed E-state index contributed by atoms with van der Waals surface area (Å²) in [5.74, 6) is 1.67. The van der Waals surface area contributed by atoms with Crippen LogP contribution >= 0.6 is 15.9 Å². The van der Waals surface area contributed by atoms with Gasteiger partial charge in [0.25, 0.3) is 0 Å². The van der Waals surface area contributed by atoms with Crippen molar-refractivity contribution in [3.8, 4) is 22.5 Å². The van der Waals surface area contributed by atoms with E-state index in [-0.39, 0.29) is 22.7 Å². The molecule has 39 heavy (non-hydrogen) atoms. The van der Waals surface area contributed by atoms with E-state index in [4.69, 9.17) is 4.98 Å². The van der Waals surface area contributed by atoms with Crippen molar-refractivity contribution in [2.45, 2.75) is 65.0 Å². The first-order valence-corrected chi connectivity index (χ1v) is 13.9.